The molecule has 2 rings (SSSR count). The smallest absolute Gasteiger partial charge is 0.168 e. The van der Waals surface area contributed by atoms with Gasteiger partial charge in [-0.2, -0.15) is 0 Å². The number of halogens is 1. The summed E-state index contributed by atoms with van der Waals surface area (Å²) in [6, 6.07) is 3.80. The maximum atomic E-state index is 14.2. The van der Waals surface area contributed by atoms with E-state index in [9.17, 15) is 4.39 Å². The molecule has 1 fully saturated rings. The molecule has 0 saturated heterocycles. The summed E-state index contributed by atoms with van der Waals surface area (Å²) in [7, 11) is 1.52. The molecule has 0 bridgehead atoms. The van der Waals surface area contributed by atoms with Crippen LogP contribution < -0.4 is 4.74 Å². The highest BCUT2D eigenvalue weighted by molar-refractivity contribution is 5.41. The van der Waals surface area contributed by atoms with Gasteiger partial charge in [0, 0.05) is 0 Å². The second-order valence-corrected chi connectivity index (χ2v) is 5.02. The van der Waals surface area contributed by atoms with Crippen LogP contribution in [0.5, 0.6) is 5.75 Å². The van der Waals surface area contributed by atoms with Gasteiger partial charge in [-0.1, -0.05) is 19.9 Å². The highest BCUT2D eigenvalue weighted by atomic mass is 19.1. The fourth-order valence-electron chi connectivity index (χ4n) is 2.16. The van der Waals surface area contributed by atoms with Gasteiger partial charge in [-0.05, 0) is 48.3 Å². The standard InChI is InChI=1S/C14H19FO/c1-9(2)8-12-11(10-4-5-10)6-7-13(16-3)14(12)15/h6-7,9-10H,4-5,8H2,1-3H3. The SMILES string of the molecule is COc1ccc(C2CC2)c(CC(C)C)c1F. The van der Waals surface area contributed by atoms with Crippen molar-refractivity contribution in [1.29, 1.82) is 0 Å². The number of hydrogen-bond acceptors (Lipinski definition) is 1. The van der Waals surface area contributed by atoms with E-state index in [1.165, 1.54) is 25.5 Å². The first-order chi connectivity index (χ1) is 7.63. The Balaban J connectivity index is 2.41. The summed E-state index contributed by atoms with van der Waals surface area (Å²) < 4.78 is 19.2. The van der Waals surface area contributed by atoms with Gasteiger partial charge < -0.3 is 4.74 Å². The van der Waals surface area contributed by atoms with Crippen LogP contribution in [0, 0.1) is 11.7 Å². The third kappa shape index (κ3) is 2.21. The molecule has 1 nitrogen and oxygen atoms in total. The Morgan fingerprint density at radius 3 is 2.56 bits per heavy atom. The topological polar surface area (TPSA) is 9.23 Å². The zero-order valence-electron chi connectivity index (χ0n) is 10.2. The third-order valence-electron chi connectivity index (χ3n) is 3.09. The van der Waals surface area contributed by atoms with E-state index in [1.807, 2.05) is 6.07 Å². The van der Waals surface area contributed by atoms with Gasteiger partial charge in [-0.25, -0.2) is 4.39 Å². The van der Waals surface area contributed by atoms with Crippen LogP contribution in [0.25, 0.3) is 0 Å². The molecule has 1 saturated carbocycles. The van der Waals surface area contributed by atoms with Crippen LogP contribution in [0.4, 0.5) is 4.39 Å². The van der Waals surface area contributed by atoms with Crippen molar-refractivity contribution < 1.29 is 9.13 Å². The molecule has 0 unspecified atom stereocenters. The van der Waals surface area contributed by atoms with Crippen LogP contribution in [0.15, 0.2) is 12.1 Å². The molecule has 1 aliphatic rings. The van der Waals surface area contributed by atoms with E-state index in [0.29, 0.717) is 17.6 Å². The molecule has 0 aliphatic heterocycles. The van der Waals surface area contributed by atoms with Gasteiger partial charge in [0.1, 0.15) is 0 Å². The number of rotatable bonds is 4. The highest BCUT2D eigenvalue weighted by Crippen LogP contribution is 2.43. The minimum Gasteiger partial charge on any atom is -0.494 e. The zero-order valence-corrected chi connectivity index (χ0v) is 10.2. The lowest BCUT2D eigenvalue weighted by atomic mass is 9.94. The van der Waals surface area contributed by atoms with Gasteiger partial charge in [-0.3, -0.25) is 0 Å². The van der Waals surface area contributed by atoms with Crippen molar-refractivity contribution >= 4 is 0 Å². The summed E-state index contributed by atoms with van der Waals surface area (Å²) in [5.41, 5.74) is 2.07. The summed E-state index contributed by atoms with van der Waals surface area (Å²) in [5, 5.41) is 0. The van der Waals surface area contributed by atoms with Crippen molar-refractivity contribution in [1.82, 2.24) is 0 Å². The van der Waals surface area contributed by atoms with E-state index in [1.54, 1.807) is 6.07 Å². The van der Waals surface area contributed by atoms with Crippen LogP contribution in [0.2, 0.25) is 0 Å². The second-order valence-electron chi connectivity index (χ2n) is 5.02. The molecular formula is C14H19FO. The first-order valence-electron chi connectivity index (χ1n) is 5.98. The lowest BCUT2D eigenvalue weighted by Crippen LogP contribution is -2.04. The zero-order chi connectivity index (χ0) is 11.7. The fourth-order valence-corrected chi connectivity index (χ4v) is 2.16. The second kappa shape index (κ2) is 4.44. The quantitative estimate of drug-likeness (QED) is 0.750. The summed E-state index contributed by atoms with van der Waals surface area (Å²) in [6.07, 6.45) is 3.21. The van der Waals surface area contributed by atoms with Crippen molar-refractivity contribution in [3.05, 3.63) is 29.1 Å². The number of benzene rings is 1. The largest absolute Gasteiger partial charge is 0.494 e. The van der Waals surface area contributed by atoms with Crippen molar-refractivity contribution in [2.45, 2.75) is 39.0 Å². The van der Waals surface area contributed by atoms with Gasteiger partial charge in [-0.15, -0.1) is 0 Å². The molecule has 0 amide bonds. The molecule has 0 N–H and O–H groups in total. The van der Waals surface area contributed by atoms with Crippen LogP contribution in [-0.4, -0.2) is 7.11 Å². The molecule has 1 aliphatic carbocycles. The number of hydrogen-bond donors (Lipinski definition) is 0. The summed E-state index contributed by atoms with van der Waals surface area (Å²) in [4.78, 5) is 0. The average molecular weight is 222 g/mol. The summed E-state index contributed by atoms with van der Waals surface area (Å²) in [5.74, 6) is 1.29. The normalized spacial score (nSPS) is 15.6. The van der Waals surface area contributed by atoms with E-state index < -0.39 is 0 Å². The predicted molar refractivity (Wildman–Crippen MR) is 63.5 cm³/mol. The molecule has 0 heterocycles. The van der Waals surface area contributed by atoms with Crippen molar-refractivity contribution in [2.24, 2.45) is 5.92 Å². The summed E-state index contributed by atoms with van der Waals surface area (Å²) >= 11 is 0. The van der Waals surface area contributed by atoms with Gasteiger partial charge in [0.05, 0.1) is 7.11 Å². The molecule has 1 aromatic carbocycles. The Hall–Kier alpha value is -1.05. The van der Waals surface area contributed by atoms with E-state index in [-0.39, 0.29) is 5.82 Å². The van der Waals surface area contributed by atoms with Crippen LogP contribution >= 0.6 is 0 Å². The maximum Gasteiger partial charge on any atom is 0.168 e. The Labute approximate surface area is 96.6 Å². The molecular weight excluding hydrogens is 203 g/mol. The van der Waals surface area contributed by atoms with Gasteiger partial charge in [0.25, 0.3) is 0 Å². The van der Waals surface area contributed by atoms with Crippen LogP contribution in [0.3, 0.4) is 0 Å². The Morgan fingerprint density at radius 1 is 1.38 bits per heavy atom. The molecule has 2 heteroatoms. The van der Waals surface area contributed by atoms with E-state index in [2.05, 4.69) is 13.8 Å². The summed E-state index contributed by atoms with van der Waals surface area (Å²) in [6.45, 7) is 4.24. The molecule has 0 aromatic heterocycles. The molecule has 88 valence electrons. The number of methoxy groups -OCH3 is 1. The van der Waals surface area contributed by atoms with Gasteiger partial charge in [0.15, 0.2) is 11.6 Å². The first-order valence-corrected chi connectivity index (χ1v) is 5.98. The number of ether oxygens (including phenoxy) is 1. The van der Waals surface area contributed by atoms with E-state index >= 15 is 0 Å². The predicted octanol–water partition coefficient (Wildman–Crippen LogP) is 3.91. The van der Waals surface area contributed by atoms with E-state index in [4.69, 9.17) is 4.74 Å². The monoisotopic (exact) mass is 222 g/mol. The van der Waals surface area contributed by atoms with Crippen molar-refractivity contribution in [2.75, 3.05) is 7.11 Å². The third-order valence-corrected chi connectivity index (χ3v) is 3.09. The molecule has 16 heavy (non-hydrogen) atoms. The lowest BCUT2D eigenvalue weighted by Gasteiger charge is -2.14. The Kier molecular flexibility index (Phi) is 3.17. The first kappa shape index (κ1) is 11.4. The van der Waals surface area contributed by atoms with Gasteiger partial charge >= 0.3 is 0 Å². The average Bonchev–Trinajstić information content (AvgIpc) is 3.04. The van der Waals surface area contributed by atoms with Gasteiger partial charge in [0.2, 0.25) is 0 Å². The van der Waals surface area contributed by atoms with Crippen molar-refractivity contribution in [3.8, 4) is 5.75 Å². The lowest BCUT2D eigenvalue weighted by molar-refractivity contribution is 0.382. The molecule has 0 spiro atoms. The minimum absolute atomic E-state index is 0.152. The minimum atomic E-state index is -0.152. The Morgan fingerprint density at radius 2 is 2.06 bits per heavy atom. The fraction of sp³-hybridized carbons (Fsp3) is 0.571. The molecule has 0 radical (unpaired) electrons. The van der Waals surface area contributed by atoms with Crippen LogP contribution in [-0.2, 0) is 6.42 Å². The maximum absolute atomic E-state index is 14.2. The molecule has 0 atom stereocenters. The van der Waals surface area contributed by atoms with Crippen molar-refractivity contribution in [3.63, 3.8) is 0 Å². The Bertz CT molecular complexity index is 381. The van der Waals surface area contributed by atoms with E-state index in [0.717, 1.165) is 12.0 Å². The van der Waals surface area contributed by atoms with Crippen LogP contribution in [0.1, 0.15) is 43.7 Å². The molecule has 1 aromatic rings. The highest BCUT2D eigenvalue weighted by Gasteiger charge is 2.28.